The molecule has 5 aliphatic rings. The molecular formula is C73H116F8N12O13. The summed E-state index contributed by atoms with van der Waals surface area (Å²) >= 11 is 0. The number of unbranched alkanes of at least 4 members (excludes halogenated alkanes) is 1. The van der Waals surface area contributed by atoms with Crippen LogP contribution in [0.25, 0.3) is 0 Å². The van der Waals surface area contributed by atoms with E-state index < -0.39 is 206 Å². The first-order valence-corrected chi connectivity index (χ1v) is 37.3. The minimum atomic E-state index is -5.23. The third kappa shape index (κ3) is 23.9. The van der Waals surface area contributed by atoms with Crippen molar-refractivity contribution in [1.82, 2.24) is 60.5 Å². The van der Waals surface area contributed by atoms with Crippen molar-refractivity contribution in [1.29, 1.82) is 0 Å². The predicted octanol–water partition coefficient (Wildman–Crippen LogP) is 6.26. The molecule has 2 heterocycles. The van der Waals surface area contributed by atoms with E-state index in [1.165, 1.54) is 57.0 Å². The van der Waals surface area contributed by atoms with Gasteiger partial charge in [-0.3, -0.25) is 57.5 Å². The fraction of sp³-hybridized carbons (Fsp3) is 0.808. The molecule has 3 saturated carbocycles. The van der Waals surface area contributed by atoms with E-state index in [1.54, 1.807) is 26.8 Å². The first-order valence-electron chi connectivity index (χ1n) is 37.3. The summed E-state index contributed by atoms with van der Waals surface area (Å²) in [4.78, 5) is 181. The van der Waals surface area contributed by atoms with Crippen LogP contribution in [0.5, 0.6) is 0 Å². The number of nitrogens with one attached hydrogen (secondary N) is 4. The molecule has 0 aromatic carbocycles. The number of likely N-dealkylation sites (N-methyl/N-ethyl adjacent to an activating group) is 6. The molecular weight excluding hydrogens is 1400 g/mol. The normalized spacial score (nSPS) is 25.0. The fourth-order valence-corrected chi connectivity index (χ4v) is 15.7. The number of rotatable bonds is 33. The SMILES string of the molecule is CCCCC(=O)N[C@H](C(=O)N(C)CC(=O)N(C)[C@H]1C/C=C\CCN([C@@H](CC2CCC(C)CC2)C(=O)N(C)CC(=O)N[C@@H](CCC2CC(F)C(C(F)(F)F)C(F)C2)C(=O)N2C[C@H](OCC)C[C@H]2C(=O)NC2(C(=O)N(C)[C@@H](CC(F)(F)F)C(=O)N(C)[C@@H](CC(=O)NC)C(=O)N(C)C)CC(C)(C)C2)C1=O)[C@@H](C)CC. The standard InChI is InChI=1S/C73H116F8N12O13/c1-16-19-24-56(94)84-61(44(5)17-2)68(104)88(12)40-59(97)89(13)51-23-21-20-22-31-92(67(51)103)54(34-45-27-25-43(4)26-28-45)65(101)87(11)39-58(96)83-50(30-29-46-32-48(74)60(49(75)33-46)73(79,80)81)63(99)93-38-47(106-18-3)35-52(93)62(98)85-71(41-70(6,7)42-71)69(105)91(15)55(37-72(76,77)78)66(102)90(14)53(36-57(95)82-8)64(100)86(9)10/h20-21,43-55,60-61H,16-19,22-42H2,1-15H3,(H,82,95)(H,83,96)(H,84,94)(H,85,98)/b21-20-/t43?,44-,45?,46?,47+,48?,49?,50-,51-,52-,53-,54-,55-,60?,61-/m0/s1. The maximum absolute atomic E-state index is 15.5. The molecule has 12 amide bonds. The second-order valence-corrected chi connectivity index (χ2v) is 31.2. The van der Waals surface area contributed by atoms with Gasteiger partial charge < -0.3 is 65.2 Å². The highest BCUT2D eigenvalue weighted by Gasteiger charge is 2.60. The molecule has 4 N–H and O–H groups in total. The van der Waals surface area contributed by atoms with E-state index in [0.717, 1.165) is 48.1 Å². The molecule has 0 aromatic rings. The van der Waals surface area contributed by atoms with E-state index in [2.05, 4.69) is 28.2 Å². The molecule has 2 unspecified atom stereocenters. The van der Waals surface area contributed by atoms with E-state index in [9.17, 15) is 59.9 Å². The molecule has 11 atom stereocenters. The summed E-state index contributed by atoms with van der Waals surface area (Å²) in [6.07, 6.45) is -13.2. The Morgan fingerprint density at radius 3 is 1.90 bits per heavy atom. The summed E-state index contributed by atoms with van der Waals surface area (Å²) in [5, 5.41) is 10.5. The molecule has 602 valence electrons. The van der Waals surface area contributed by atoms with Crippen LogP contribution in [0.1, 0.15) is 177 Å². The summed E-state index contributed by atoms with van der Waals surface area (Å²) in [6.45, 7) is 11.1. The Labute approximate surface area is 618 Å². The average Bonchev–Trinajstić information content (AvgIpc) is 0.942. The Bertz CT molecular complexity index is 3100. The number of ether oxygens (including phenoxy) is 1. The van der Waals surface area contributed by atoms with Gasteiger partial charge in [-0.25, -0.2) is 8.78 Å². The van der Waals surface area contributed by atoms with Gasteiger partial charge in [0.15, 0.2) is 0 Å². The van der Waals surface area contributed by atoms with E-state index in [0.29, 0.717) is 41.4 Å². The number of hydrogen-bond acceptors (Lipinski definition) is 13. The van der Waals surface area contributed by atoms with Crippen molar-refractivity contribution in [3.63, 3.8) is 0 Å². The lowest BCUT2D eigenvalue weighted by molar-refractivity contribution is -0.219. The lowest BCUT2D eigenvalue weighted by atomic mass is 9.58. The van der Waals surface area contributed by atoms with Crippen LogP contribution >= 0.6 is 0 Å². The molecule has 0 spiro atoms. The fourth-order valence-electron chi connectivity index (χ4n) is 15.7. The molecule has 106 heavy (non-hydrogen) atoms. The van der Waals surface area contributed by atoms with Crippen LogP contribution in [0, 0.1) is 35.0 Å². The molecule has 33 heteroatoms. The summed E-state index contributed by atoms with van der Waals surface area (Å²) < 4.78 is 123. The Morgan fingerprint density at radius 2 is 1.35 bits per heavy atom. The summed E-state index contributed by atoms with van der Waals surface area (Å²) in [5.41, 5.74) is -2.83. The Balaban J connectivity index is 1.49. The van der Waals surface area contributed by atoms with Crippen LogP contribution in [0.3, 0.4) is 0 Å². The number of nitrogens with zero attached hydrogens (tertiary/aromatic N) is 8. The van der Waals surface area contributed by atoms with Crippen LogP contribution in [-0.2, 0) is 62.3 Å². The molecule has 5 rings (SSSR count). The third-order valence-electron chi connectivity index (χ3n) is 22.0. The second-order valence-electron chi connectivity index (χ2n) is 31.2. The summed E-state index contributed by atoms with van der Waals surface area (Å²) in [6, 6.07) is -10.7. The molecule has 0 aromatic heterocycles. The smallest absolute Gasteiger partial charge is 0.377 e. The lowest BCUT2D eigenvalue weighted by Gasteiger charge is -2.54. The van der Waals surface area contributed by atoms with E-state index in [-0.39, 0.29) is 88.8 Å². The lowest BCUT2D eigenvalue weighted by Crippen LogP contribution is -2.71. The predicted molar refractivity (Wildman–Crippen MR) is 376 cm³/mol. The Morgan fingerprint density at radius 1 is 0.736 bits per heavy atom. The van der Waals surface area contributed by atoms with Gasteiger partial charge >= 0.3 is 12.4 Å². The Hall–Kier alpha value is -7.22. The third-order valence-corrected chi connectivity index (χ3v) is 22.0. The highest BCUT2D eigenvalue weighted by Crippen LogP contribution is 2.50. The largest absolute Gasteiger partial charge is 0.397 e. The van der Waals surface area contributed by atoms with Crippen molar-refractivity contribution in [3.05, 3.63) is 12.2 Å². The Kier molecular flexibility index (Phi) is 32.7. The number of halogens is 8. The number of carbonyl (C=O) groups excluding carboxylic acids is 12. The summed E-state index contributed by atoms with van der Waals surface area (Å²) in [5.74, 6) is -13.9. The van der Waals surface area contributed by atoms with Crippen LogP contribution in [-0.4, -0.2) is 278 Å². The quantitative estimate of drug-likeness (QED) is 0.0418. The second kappa shape index (κ2) is 38.7. The molecule has 1 saturated heterocycles. The minimum absolute atomic E-state index is 0.00364. The first kappa shape index (κ1) is 89.4. The highest BCUT2D eigenvalue weighted by atomic mass is 19.4. The van der Waals surface area contributed by atoms with Crippen LogP contribution in [0.2, 0.25) is 0 Å². The van der Waals surface area contributed by atoms with E-state index >= 15 is 32.8 Å². The zero-order valence-electron chi connectivity index (χ0n) is 64.4. The number of likely N-dealkylation sites (tertiary alicyclic amines) is 1. The number of amides is 12. The van der Waals surface area contributed by atoms with E-state index in [1.807, 2.05) is 26.8 Å². The molecule has 0 bridgehead atoms. The molecule has 2 aliphatic heterocycles. The number of carbonyl (C=O) groups is 12. The van der Waals surface area contributed by atoms with Crippen molar-refractivity contribution >= 4 is 70.9 Å². The van der Waals surface area contributed by atoms with Gasteiger partial charge in [-0.15, -0.1) is 0 Å². The van der Waals surface area contributed by atoms with Gasteiger partial charge in [0.25, 0.3) is 0 Å². The maximum Gasteiger partial charge on any atom is 0.397 e. The maximum atomic E-state index is 15.5. The molecule has 25 nitrogen and oxygen atoms in total. The first-order chi connectivity index (χ1) is 49.4. The molecule has 0 radical (unpaired) electrons. The van der Waals surface area contributed by atoms with Crippen LogP contribution < -0.4 is 21.3 Å². The zero-order chi connectivity index (χ0) is 79.8. The topological polar surface area (TPSA) is 288 Å². The van der Waals surface area contributed by atoms with Crippen molar-refractivity contribution in [2.75, 3.05) is 89.2 Å². The van der Waals surface area contributed by atoms with Crippen molar-refractivity contribution in [2.24, 2.45) is 35.0 Å². The zero-order valence-corrected chi connectivity index (χ0v) is 64.4. The average molecular weight is 1520 g/mol. The van der Waals surface area contributed by atoms with Crippen molar-refractivity contribution < 1.29 is 97.4 Å². The van der Waals surface area contributed by atoms with Gasteiger partial charge in [-0.1, -0.05) is 92.2 Å². The minimum Gasteiger partial charge on any atom is -0.377 e. The number of hydrogen-bond donors (Lipinski definition) is 4. The van der Waals surface area contributed by atoms with Gasteiger partial charge in [0.05, 0.1) is 32.0 Å². The molecule has 4 fully saturated rings. The van der Waals surface area contributed by atoms with Gasteiger partial charge in [-0.05, 0) is 100 Å². The highest BCUT2D eigenvalue weighted by molar-refractivity contribution is 6.00. The monoisotopic (exact) mass is 1520 g/mol. The number of alkyl halides is 8. The van der Waals surface area contributed by atoms with Gasteiger partial charge in [0.2, 0.25) is 70.9 Å². The van der Waals surface area contributed by atoms with Crippen molar-refractivity contribution in [2.45, 2.75) is 256 Å². The summed E-state index contributed by atoms with van der Waals surface area (Å²) in [7, 11) is 9.93. The van der Waals surface area contributed by atoms with E-state index in [4.69, 9.17) is 4.74 Å². The van der Waals surface area contributed by atoms with Crippen LogP contribution in [0.4, 0.5) is 35.1 Å². The van der Waals surface area contributed by atoms with Crippen molar-refractivity contribution in [3.8, 4) is 0 Å². The van der Waals surface area contributed by atoms with Gasteiger partial charge in [-0.2, -0.15) is 26.3 Å². The van der Waals surface area contributed by atoms with Crippen LogP contribution in [0.15, 0.2) is 12.2 Å². The van der Waals surface area contributed by atoms with Gasteiger partial charge in [0, 0.05) is 88.9 Å². The molecule has 3 aliphatic carbocycles. The van der Waals surface area contributed by atoms with Gasteiger partial charge in [0.1, 0.15) is 66.1 Å².